The average Bonchev–Trinajstić information content (AvgIpc) is 3.62. The molecule has 2 heterocycles. The van der Waals surface area contributed by atoms with Crippen LogP contribution in [-0.2, 0) is 0 Å². The van der Waals surface area contributed by atoms with Crippen LogP contribution in [0.5, 0.6) is 0 Å². The summed E-state index contributed by atoms with van der Waals surface area (Å²) in [4.78, 5) is 0. The van der Waals surface area contributed by atoms with Crippen molar-refractivity contribution in [2.75, 3.05) is 0 Å². The fraction of sp³-hybridized carbons (Fsp3) is 0. The summed E-state index contributed by atoms with van der Waals surface area (Å²) >= 11 is 0. The second kappa shape index (κ2) is 8.95. The van der Waals surface area contributed by atoms with E-state index in [1.807, 2.05) is 0 Å². The fourth-order valence-corrected chi connectivity index (χ4v) is 6.81. The van der Waals surface area contributed by atoms with Gasteiger partial charge < -0.3 is 9.13 Å². The van der Waals surface area contributed by atoms with Gasteiger partial charge in [-0.3, -0.25) is 0 Å². The molecule has 0 aliphatic heterocycles. The molecule has 9 aromatic rings. The quantitative estimate of drug-likeness (QED) is 0.200. The van der Waals surface area contributed by atoms with Gasteiger partial charge in [-0.05, 0) is 63.5 Å². The van der Waals surface area contributed by atoms with Crippen LogP contribution in [0.25, 0.3) is 76.9 Å². The number of nitrogens with zero attached hydrogens (tertiary/aromatic N) is 2. The topological polar surface area (TPSA) is 9.86 Å². The standard InChI is InChI=1S/C40H26N2/c1-3-12-28(13-4-1)38-26-30-21-23-36-35-17-9-10-18-37(35)42(40(36)39(30)41(38)31-14-5-2-6-15-31)32-22-24-34-29(25-32)20-19-27-11-7-8-16-33(27)34/h1-26H. The van der Waals surface area contributed by atoms with Crippen LogP contribution in [0.1, 0.15) is 0 Å². The van der Waals surface area contributed by atoms with E-state index in [4.69, 9.17) is 0 Å². The number of para-hydroxylation sites is 2. The molecule has 7 aromatic carbocycles. The van der Waals surface area contributed by atoms with Gasteiger partial charge in [-0.25, -0.2) is 0 Å². The minimum Gasteiger partial charge on any atom is -0.307 e. The second-order valence-corrected chi connectivity index (χ2v) is 11.0. The molecule has 42 heavy (non-hydrogen) atoms. The first-order chi connectivity index (χ1) is 20.8. The molecule has 2 nitrogen and oxygen atoms in total. The highest BCUT2D eigenvalue weighted by Gasteiger charge is 2.21. The van der Waals surface area contributed by atoms with E-state index in [-0.39, 0.29) is 0 Å². The first kappa shape index (κ1) is 23.1. The predicted octanol–water partition coefficient (Wildman–Crippen LogP) is 10.7. The van der Waals surface area contributed by atoms with Crippen molar-refractivity contribution in [3.8, 4) is 22.6 Å². The third kappa shape index (κ3) is 3.33. The lowest BCUT2D eigenvalue weighted by molar-refractivity contribution is 1.12. The molecule has 0 amide bonds. The van der Waals surface area contributed by atoms with E-state index < -0.39 is 0 Å². The van der Waals surface area contributed by atoms with E-state index in [9.17, 15) is 0 Å². The molecule has 0 fully saturated rings. The Morgan fingerprint density at radius 2 is 0.976 bits per heavy atom. The Hall–Kier alpha value is -5.60. The lowest BCUT2D eigenvalue weighted by Gasteiger charge is -2.15. The van der Waals surface area contributed by atoms with E-state index in [1.165, 1.54) is 71.2 Å². The summed E-state index contributed by atoms with van der Waals surface area (Å²) in [5, 5.41) is 8.82. The highest BCUT2D eigenvalue weighted by molar-refractivity contribution is 6.19. The Morgan fingerprint density at radius 1 is 0.333 bits per heavy atom. The van der Waals surface area contributed by atoms with Crippen molar-refractivity contribution in [2.24, 2.45) is 0 Å². The number of aromatic nitrogens is 2. The first-order valence-corrected chi connectivity index (χ1v) is 14.5. The van der Waals surface area contributed by atoms with Crippen LogP contribution in [0.4, 0.5) is 0 Å². The van der Waals surface area contributed by atoms with Gasteiger partial charge in [0.15, 0.2) is 0 Å². The van der Waals surface area contributed by atoms with E-state index in [1.54, 1.807) is 0 Å². The zero-order valence-electron chi connectivity index (χ0n) is 22.9. The third-order valence-corrected chi connectivity index (χ3v) is 8.67. The SMILES string of the molecule is c1ccc(-c2cc3ccc4c5ccccc5n(-c5ccc6c(ccc7ccccc76)c5)c4c3n2-c2ccccc2)cc1. The predicted molar refractivity (Wildman–Crippen MR) is 178 cm³/mol. The number of rotatable bonds is 3. The second-order valence-electron chi connectivity index (χ2n) is 11.0. The molecule has 2 heteroatoms. The lowest BCUT2D eigenvalue weighted by atomic mass is 10.0. The van der Waals surface area contributed by atoms with Gasteiger partial charge in [-0.1, -0.05) is 121 Å². The molecular weight excluding hydrogens is 508 g/mol. The van der Waals surface area contributed by atoms with Crippen molar-refractivity contribution < 1.29 is 0 Å². The molecule has 0 unspecified atom stereocenters. The summed E-state index contributed by atoms with van der Waals surface area (Å²) in [6.45, 7) is 0. The van der Waals surface area contributed by atoms with E-state index >= 15 is 0 Å². The molecule has 0 bridgehead atoms. The zero-order valence-corrected chi connectivity index (χ0v) is 22.9. The molecule has 0 spiro atoms. The third-order valence-electron chi connectivity index (χ3n) is 8.67. The van der Waals surface area contributed by atoms with Crippen LogP contribution in [-0.4, -0.2) is 9.13 Å². The molecule has 2 aromatic heterocycles. The van der Waals surface area contributed by atoms with Crippen LogP contribution in [0.3, 0.4) is 0 Å². The molecular formula is C40H26N2. The minimum atomic E-state index is 1.15. The molecule has 0 radical (unpaired) electrons. The summed E-state index contributed by atoms with van der Waals surface area (Å²) in [6, 6.07) is 57.3. The zero-order chi connectivity index (χ0) is 27.6. The number of hydrogen-bond donors (Lipinski definition) is 0. The summed E-state index contributed by atoms with van der Waals surface area (Å²) in [7, 11) is 0. The van der Waals surface area contributed by atoms with Crippen molar-refractivity contribution in [2.45, 2.75) is 0 Å². The summed E-state index contributed by atoms with van der Waals surface area (Å²) in [6.07, 6.45) is 0. The maximum absolute atomic E-state index is 2.47. The Balaban J connectivity index is 1.44. The Labute approximate surface area is 243 Å². The first-order valence-electron chi connectivity index (χ1n) is 14.5. The van der Waals surface area contributed by atoms with E-state index in [2.05, 4.69) is 167 Å². The highest BCUT2D eigenvalue weighted by atomic mass is 15.0. The summed E-state index contributed by atoms with van der Waals surface area (Å²) in [5.74, 6) is 0. The van der Waals surface area contributed by atoms with E-state index in [0.717, 1.165) is 5.69 Å². The Kier molecular flexibility index (Phi) is 4.93. The minimum absolute atomic E-state index is 1.15. The van der Waals surface area contributed by atoms with Gasteiger partial charge >= 0.3 is 0 Å². The highest BCUT2D eigenvalue weighted by Crippen LogP contribution is 2.41. The number of hydrogen-bond acceptors (Lipinski definition) is 0. The monoisotopic (exact) mass is 534 g/mol. The van der Waals surface area contributed by atoms with Gasteiger partial charge in [-0.15, -0.1) is 0 Å². The van der Waals surface area contributed by atoms with Crippen LogP contribution in [0.2, 0.25) is 0 Å². The van der Waals surface area contributed by atoms with Crippen LogP contribution < -0.4 is 0 Å². The molecule has 0 aliphatic rings. The Bertz CT molecular complexity index is 2440. The van der Waals surface area contributed by atoms with Gasteiger partial charge in [0, 0.05) is 27.5 Å². The molecule has 196 valence electrons. The van der Waals surface area contributed by atoms with Crippen molar-refractivity contribution in [3.05, 3.63) is 158 Å². The maximum Gasteiger partial charge on any atom is 0.0788 e. The maximum atomic E-state index is 2.47. The Morgan fingerprint density at radius 3 is 1.83 bits per heavy atom. The van der Waals surface area contributed by atoms with Crippen molar-refractivity contribution >= 4 is 54.3 Å². The van der Waals surface area contributed by atoms with Gasteiger partial charge in [0.1, 0.15) is 0 Å². The molecule has 0 atom stereocenters. The van der Waals surface area contributed by atoms with Crippen molar-refractivity contribution in [1.82, 2.24) is 9.13 Å². The number of fused-ring (bicyclic) bond motifs is 8. The molecule has 0 N–H and O–H groups in total. The lowest BCUT2D eigenvalue weighted by Crippen LogP contribution is -2.00. The molecule has 0 saturated carbocycles. The van der Waals surface area contributed by atoms with E-state index in [0.29, 0.717) is 0 Å². The van der Waals surface area contributed by atoms with Gasteiger partial charge in [0.05, 0.1) is 22.2 Å². The normalized spacial score (nSPS) is 11.8. The van der Waals surface area contributed by atoms with Gasteiger partial charge in [0.2, 0.25) is 0 Å². The smallest absolute Gasteiger partial charge is 0.0788 e. The van der Waals surface area contributed by atoms with Crippen LogP contribution >= 0.6 is 0 Å². The molecule has 9 rings (SSSR count). The van der Waals surface area contributed by atoms with Crippen LogP contribution in [0.15, 0.2) is 158 Å². The summed E-state index contributed by atoms with van der Waals surface area (Å²) in [5.41, 5.74) is 8.35. The van der Waals surface area contributed by atoms with Crippen molar-refractivity contribution in [1.29, 1.82) is 0 Å². The van der Waals surface area contributed by atoms with Crippen LogP contribution in [0, 0.1) is 0 Å². The van der Waals surface area contributed by atoms with Gasteiger partial charge in [-0.2, -0.15) is 0 Å². The molecule has 0 saturated heterocycles. The van der Waals surface area contributed by atoms with Gasteiger partial charge in [0.25, 0.3) is 0 Å². The number of benzene rings is 7. The van der Waals surface area contributed by atoms with Crippen molar-refractivity contribution in [3.63, 3.8) is 0 Å². The summed E-state index contributed by atoms with van der Waals surface area (Å²) < 4.78 is 4.91. The average molecular weight is 535 g/mol. The largest absolute Gasteiger partial charge is 0.307 e. The molecule has 0 aliphatic carbocycles. The fourth-order valence-electron chi connectivity index (χ4n) is 6.81.